The summed E-state index contributed by atoms with van der Waals surface area (Å²) in [5.74, 6) is -0.349. The van der Waals surface area contributed by atoms with Crippen molar-refractivity contribution >= 4 is 17.5 Å². The molecule has 3 N–H and O–H groups in total. The Bertz CT molecular complexity index is 502. The third-order valence-electron chi connectivity index (χ3n) is 3.60. The van der Waals surface area contributed by atoms with Gasteiger partial charge in [-0.2, -0.15) is 0 Å². The van der Waals surface area contributed by atoms with Gasteiger partial charge in [0.2, 0.25) is 11.8 Å². The van der Waals surface area contributed by atoms with Gasteiger partial charge in [-0.05, 0) is 18.1 Å². The minimum Gasteiger partial charge on any atom is -0.355 e. The number of para-hydroxylation sites is 1. The Kier molecular flexibility index (Phi) is 4.74. The first-order chi connectivity index (χ1) is 9.67. The predicted octanol–water partition coefficient (Wildman–Crippen LogP) is 0.677. The molecular formula is C15H21N3O2. The number of hydrogen-bond acceptors (Lipinski definition) is 3. The molecule has 5 heteroatoms. The molecule has 1 heterocycles. The van der Waals surface area contributed by atoms with Crippen LogP contribution in [-0.2, 0) is 16.0 Å². The van der Waals surface area contributed by atoms with Crippen LogP contribution in [-0.4, -0.2) is 31.4 Å². The van der Waals surface area contributed by atoms with E-state index in [4.69, 9.17) is 5.73 Å². The number of aryl methyl sites for hydroxylation is 1. The maximum absolute atomic E-state index is 12.2. The van der Waals surface area contributed by atoms with E-state index < -0.39 is 0 Å². The lowest BCUT2D eigenvalue weighted by Gasteiger charge is -2.19. The summed E-state index contributed by atoms with van der Waals surface area (Å²) in [5, 5.41) is 2.75. The number of nitrogens with two attached hydrogens (primary N) is 1. The highest BCUT2D eigenvalue weighted by atomic mass is 16.2. The molecule has 0 aliphatic carbocycles. The van der Waals surface area contributed by atoms with Crippen LogP contribution in [0.1, 0.15) is 18.9 Å². The van der Waals surface area contributed by atoms with Crippen LogP contribution in [0.3, 0.4) is 0 Å². The van der Waals surface area contributed by atoms with Crippen LogP contribution >= 0.6 is 0 Å². The number of nitrogens with one attached hydrogen (secondary N) is 1. The van der Waals surface area contributed by atoms with Crippen molar-refractivity contribution in [3.8, 4) is 0 Å². The molecule has 1 aromatic rings. The van der Waals surface area contributed by atoms with Crippen molar-refractivity contribution in [2.75, 3.05) is 24.5 Å². The topological polar surface area (TPSA) is 75.4 Å². The molecule has 1 unspecified atom stereocenters. The average Bonchev–Trinajstić information content (AvgIpc) is 2.86. The summed E-state index contributed by atoms with van der Waals surface area (Å²) in [6.07, 6.45) is 1.14. The number of carbonyl (C=O) groups excluding carboxylic acids is 2. The fraction of sp³-hybridized carbons (Fsp3) is 0.467. The SMILES string of the molecule is CCc1ccccc1N1CC(C(=O)NCCN)CC1=O. The number of carbonyl (C=O) groups is 2. The van der Waals surface area contributed by atoms with E-state index in [0.29, 0.717) is 19.6 Å². The average molecular weight is 275 g/mol. The van der Waals surface area contributed by atoms with Gasteiger partial charge >= 0.3 is 0 Å². The third kappa shape index (κ3) is 2.99. The summed E-state index contributed by atoms with van der Waals surface area (Å²) >= 11 is 0. The zero-order valence-electron chi connectivity index (χ0n) is 11.8. The van der Waals surface area contributed by atoms with Crippen LogP contribution < -0.4 is 16.0 Å². The van der Waals surface area contributed by atoms with Gasteiger partial charge in [0, 0.05) is 31.7 Å². The number of amides is 2. The zero-order valence-corrected chi connectivity index (χ0v) is 11.8. The lowest BCUT2D eigenvalue weighted by atomic mass is 10.1. The van der Waals surface area contributed by atoms with E-state index in [9.17, 15) is 9.59 Å². The molecule has 0 saturated carbocycles. The van der Waals surface area contributed by atoms with Crippen LogP contribution in [0.4, 0.5) is 5.69 Å². The van der Waals surface area contributed by atoms with Gasteiger partial charge in [0.1, 0.15) is 0 Å². The quantitative estimate of drug-likeness (QED) is 0.829. The van der Waals surface area contributed by atoms with Gasteiger partial charge in [-0.25, -0.2) is 0 Å². The second kappa shape index (κ2) is 6.52. The van der Waals surface area contributed by atoms with E-state index in [1.165, 1.54) is 0 Å². The monoisotopic (exact) mass is 275 g/mol. The fourth-order valence-corrected chi connectivity index (χ4v) is 2.53. The second-order valence-electron chi connectivity index (χ2n) is 4.97. The minimum atomic E-state index is -0.279. The van der Waals surface area contributed by atoms with Gasteiger partial charge in [-0.3, -0.25) is 9.59 Å². The first-order valence-corrected chi connectivity index (χ1v) is 7.03. The molecule has 0 bridgehead atoms. The lowest BCUT2D eigenvalue weighted by molar-refractivity contribution is -0.126. The maximum Gasteiger partial charge on any atom is 0.227 e. The van der Waals surface area contributed by atoms with E-state index in [1.54, 1.807) is 4.90 Å². The molecular weight excluding hydrogens is 254 g/mol. The molecule has 0 spiro atoms. The van der Waals surface area contributed by atoms with E-state index in [0.717, 1.165) is 17.7 Å². The predicted molar refractivity (Wildman–Crippen MR) is 78.3 cm³/mol. The number of nitrogens with zero attached hydrogens (tertiary/aromatic N) is 1. The molecule has 5 nitrogen and oxygen atoms in total. The summed E-state index contributed by atoms with van der Waals surface area (Å²) < 4.78 is 0. The smallest absolute Gasteiger partial charge is 0.227 e. The Morgan fingerprint density at radius 3 is 2.90 bits per heavy atom. The zero-order chi connectivity index (χ0) is 14.5. The highest BCUT2D eigenvalue weighted by molar-refractivity contribution is 6.00. The number of benzene rings is 1. The molecule has 2 rings (SSSR count). The molecule has 108 valence electrons. The van der Waals surface area contributed by atoms with Crippen molar-refractivity contribution in [3.63, 3.8) is 0 Å². The Balaban J connectivity index is 2.11. The van der Waals surface area contributed by atoms with Crippen LogP contribution in [0.15, 0.2) is 24.3 Å². The highest BCUT2D eigenvalue weighted by Gasteiger charge is 2.35. The molecule has 0 aromatic heterocycles. The second-order valence-corrected chi connectivity index (χ2v) is 4.97. The standard InChI is InChI=1S/C15H21N3O2/c1-2-11-5-3-4-6-13(11)18-10-12(9-14(18)19)15(20)17-8-7-16/h3-6,12H,2,7-10,16H2,1H3,(H,17,20). The minimum absolute atomic E-state index is 0.0128. The van der Waals surface area contributed by atoms with Crippen molar-refractivity contribution in [1.82, 2.24) is 5.32 Å². The van der Waals surface area contributed by atoms with Crippen molar-refractivity contribution in [3.05, 3.63) is 29.8 Å². The van der Waals surface area contributed by atoms with Gasteiger partial charge in [0.05, 0.1) is 5.92 Å². The molecule has 1 atom stereocenters. The highest BCUT2D eigenvalue weighted by Crippen LogP contribution is 2.28. The Hall–Kier alpha value is -1.88. The maximum atomic E-state index is 12.2. The molecule has 20 heavy (non-hydrogen) atoms. The van der Waals surface area contributed by atoms with Crippen LogP contribution in [0.5, 0.6) is 0 Å². The van der Waals surface area contributed by atoms with Crippen LogP contribution in [0, 0.1) is 5.92 Å². The molecule has 1 fully saturated rings. The number of hydrogen-bond donors (Lipinski definition) is 2. The van der Waals surface area contributed by atoms with Crippen LogP contribution in [0.25, 0.3) is 0 Å². The van der Waals surface area contributed by atoms with E-state index in [-0.39, 0.29) is 24.2 Å². The van der Waals surface area contributed by atoms with Crippen molar-refractivity contribution in [2.24, 2.45) is 11.7 Å². The molecule has 0 radical (unpaired) electrons. The summed E-state index contributed by atoms with van der Waals surface area (Å²) in [6.45, 7) is 3.38. The molecule has 1 aliphatic rings. The van der Waals surface area contributed by atoms with Gasteiger partial charge in [0.15, 0.2) is 0 Å². The van der Waals surface area contributed by atoms with Crippen molar-refractivity contribution in [1.29, 1.82) is 0 Å². The summed E-state index contributed by atoms with van der Waals surface area (Å²) in [6, 6.07) is 7.85. The normalized spacial score (nSPS) is 18.4. The Labute approximate surface area is 119 Å². The number of rotatable bonds is 5. The van der Waals surface area contributed by atoms with Crippen molar-refractivity contribution < 1.29 is 9.59 Å². The molecule has 1 aliphatic heterocycles. The lowest BCUT2D eigenvalue weighted by Crippen LogP contribution is -2.35. The molecule has 2 amide bonds. The van der Waals surface area contributed by atoms with Gasteiger partial charge in [-0.15, -0.1) is 0 Å². The number of anilines is 1. The van der Waals surface area contributed by atoms with Gasteiger partial charge in [0.25, 0.3) is 0 Å². The summed E-state index contributed by atoms with van der Waals surface area (Å²) in [7, 11) is 0. The summed E-state index contributed by atoms with van der Waals surface area (Å²) in [4.78, 5) is 25.8. The van der Waals surface area contributed by atoms with E-state index >= 15 is 0 Å². The molecule has 1 saturated heterocycles. The first-order valence-electron chi connectivity index (χ1n) is 7.03. The largest absolute Gasteiger partial charge is 0.355 e. The van der Waals surface area contributed by atoms with Crippen molar-refractivity contribution in [2.45, 2.75) is 19.8 Å². The van der Waals surface area contributed by atoms with E-state index in [2.05, 4.69) is 12.2 Å². The molecule has 1 aromatic carbocycles. The van der Waals surface area contributed by atoms with Gasteiger partial charge in [-0.1, -0.05) is 25.1 Å². The van der Waals surface area contributed by atoms with E-state index in [1.807, 2.05) is 24.3 Å². The summed E-state index contributed by atoms with van der Waals surface area (Å²) in [5.41, 5.74) is 7.42. The first kappa shape index (κ1) is 14.5. The Morgan fingerprint density at radius 2 is 2.20 bits per heavy atom. The van der Waals surface area contributed by atoms with Crippen LogP contribution in [0.2, 0.25) is 0 Å². The Morgan fingerprint density at radius 1 is 1.45 bits per heavy atom. The third-order valence-corrected chi connectivity index (χ3v) is 3.60. The fourth-order valence-electron chi connectivity index (χ4n) is 2.53. The van der Waals surface area contributed by atoms with Gasteiger partial charge < -0.3 is 16.0 Å².